The number of alkyl halides is 2. The van der Waals surface area contributed by atoms with Crippen LogP contribution in [0.15, 0.2) is 41.6 Å². The first-order chi connectivity index (χ1) is 15.3. The maximum atomic E-state index is 13.4. The number of piperidine rings is 1. The molecule has 32 heavy (non-hydrogen) atoms. The standard InChI is InChI=1S/C22H21F2N5O3/c1-27-13-26-16-11-19(25-12-15(16)21(27)31)29-8-9-32-18-10-14(2-3-17(18)29)20(30)28-6-4-22(23,24)5-7-28/h2-3,10-13H,4-9H2,1H3. The normalized spacial score (nSPS) is 17.7. The van der Waals surface area contributed by atoms with Gasteiger partial charge in [0.1, 0.15) is 18.2 Å². The van der Waals surface area contributed by atoms with E-state index in [1.165, 1.54) is 22.0 Å². The summed E-state index contributed by atoms with van der Waals surface area (Å²) in [6.45, 7) is 0.974. The molecule has 0 spiro atoms. The van der Waals surface area contributed by atoms with Crippen LogP contribution in [0.1, 0.15) is 23.2 Å². The summed E-state index contributed by atoms with van der Waals surface area (Å²) in [5, 5.41) is 0.431. The number of aryl methyl sites for hydroxylation is 1. The number of nitrogens with zero attached hydrogens (tertiary/aromatic N) is 5. The van der Waals surface area contributed by atoms with Crippen LogP contribution in [0.3, 0.4) is 0 Å². The van der Waals surface area contributed by atoms with Gasteiger partial charge in [-0.25, -0.2) is 18.7 Å². The fraction of sp³-hybridized carbons (Fsp3) is 0.364. The van der Waals surface area contributed by atoms with E-state index >= 15 is 0 Å². The quantitative estimate of drug-likeness (QED) is 0.609. The van der Waals surface area contributed by atoms with Crippen molar-refractivity contribution in [2.45, 2.75) is 18.8 Å². The van der Waals surface area contributed by atoms with Crippen molar-refractivity contribution in [1.82, 2.24) is 19.4 Å². The van der Waals surface area contributed by atoms with E-state index in [1.807, 2.05) is 4.90 Å². The molecule has 1 saturated heterocycles. The zero-order chi connectivity index (χ0) is 22.5. The molecular weight excluding hydrogens is 420 g/mol. The molecule has 4 heterocycles. The Bertz CT molecular complexity index is 1270. The molecule has 0 saturated carbocycles. The number of aromatic nitrogens is 3. The molecule has 8 nitrogen and oxygen atoms in total. The smallest absolute Gasteiger partial charge is 0.262 e. The molecule has 166 valence electrons. The van der Waals surface area contributed by atoms with Gasteiger partial charge in [-0.2, -0.15) is 0 Å². The third kappa shape index (κ3) is 3.55. The van der Waals surface area contributed by atoms with Crippen molar-refractivity contribution in [2.24, 2.45) is 7.05 Å². The van der Waals surface area contributed by atoms with E-state index in [1.54, 1.807) is 31.3 Å². The van der Waals surface area contributed by atoms with Crippen molar-refractivity contribution in [3.05, 3.63) is 52.7 Å². The number of carbonyl (C=O) groups excluding carboxylic acids is 1. The highest BCUT2D eigenvalue weighted by molar-refractivity contribution is 5.95. The first-order valence-electron chi connectivity index (χ1n) is 10.4. The molecule has 0 bridgehead atoms. The largest absolute Gasteiger partial charge is 0.490 e. The number of amides is 1. The van der Waals surface area contributed by atoms with E-state index in [-0.39, 0.29) is 37.4 Å². The van der Waals surface area contributed by atoms with E-state index in [0.717, 1.165) is 5.69 Å². The van der Waals surface area contributed by atoms with Crippen LogP contribution in [0, 0.1) is 0 Å². The Labute approximate surface area is 182 Å². The van der Waals surface area contributed by atoms with Crippen molar-refractivity contribution in [3.8, 4) is 5.75 Å². The number of hydrogen-bond donors (Lipinski definition) is 0. The molecule has 2 aliphatic rings. The van der Waals surface area contributed by atoms with Crippen LogP contribution < -0.4 is 15.2 Å². The van der Waals surface area contributed by atoms with Gasteiger partial charge in [-0.15, -0.1) is 0 Å². The first kappa shape index (κ1) is 20.3. The SMILES string of the molecule is Cn1cnc2cc(N3CCOc4cc(C(=O)N5CCC(F)(F)CC5)ccc43)ncc2c1=O. The lowest BCUT2D eigenvalue weighted by Crippen LogP contribution is -2.42. The second-order valence-electron chi connectivity index (χ2n) is 8.05. The van der Waals surface area contributed by atoms with Crippen LogP contribution in [0.25, 0.3) is 10.9 Å². The number of halogens is 2. The van der Waals surface area contributed by atoms with Gasteiger partial charge in [0.2, 0.25) is 0 Å². The second kappa shape index (κ2) is 7.54. The van der Waals surface area contributed by atoms with Gasteiger partial charge >= 0.3 is 0 Å². The average molecular weight is 441 g/mol. The minimum atomic E-state index is -2.71. The molecule has 1 aromatic carbocycles. The molecule has 1 amide bonds. The minimum absolute atomic E-state index is 0.0311. The zero-order valence-corrected chi connectivity index (χ0v) is 17.4. The van der Waals surface area contributed by atoms with Gasteiger partial charge in [-0.1, -0.05) is 0 Å². The van der Waals surface area contributed by atoms with Gasteiger partial charge in [0.15, 0.2) is 0 Å². The van der Waals surface area contributed by atoms with Crippen LogP contribution in [0.4, 0.5) is 20.3 Å². The number of ether oxygens (including phenoxy) is 1. The maximum Gasteiger partial charge on any atom is 0.262 e. The monoisotopic (exact) mass is 441 g/mol. The molecule has 0 atom stereocenters. The predicted molar refractivity (Wildman–Crippen MR) is 114 cm³/mol. The average Bonchev–Trinajstić information content (AvgIpc) is 2.80. The van der Waals surface area contributed by atoms with Crippen LogP contribution in [0.2, 0.25) is 0 Å². The summed E-state index contributed by atoms with van der Waals surface area (Å²) >= 11 is 0. The number of likely N-dealkylation sites (tertiary alicyclic amines) is 1. The van der Waals surface area contributed by atoms with E-state index in [9.17, 15) is 18.4 Å². The van der Waals surface area contributed by atoms with Gasteiger partial charge in [0.05, 0.1) is 29.5 Å². The van der Waals surface area contributed by atoms with E-state index in [2.05, 4.69) is 9.97 Å². The van der Waals surface area contributed by atoms with E-state index < -0.39 is 5.92 Å². The van der Waals surface area contributed by atoms with Crippen LogP contribution in [0.5, 0.6) is 5.75 Å². The summed E-state index contributed by atoms with van der Waals surface area (Å²) in [6, 6.07) is 6.83. The first-order valence-corrected chi connectivity index (χ1v) is 10.4. The number of benzene rings is 1. The topological polar surface area (TPSA) is 80.6 Å². The lowest BCUT2D eigenvalue weighted by molar-refractivity contribution is -0.0494. The molecule has 0 aliphatic carbocycles. The molecule has 10 heteroatoms. The Balaban J connectivity index is 1.43. The zero-order valence-electron chi connectivity index (χ0n) is 17.4. The summed E-state index contributed by atoms with van der Waals surface area (Å²) in [5.41, 5.74) is 1.50. The maximum absolute atomic E-state index is 13.4. The summed E-state index contributed by atoms with van der Waals surface area (Å²) in [4.78, 5) is 37.2. The van der Waals surface area contributed by atoms with Gasteiger partial charge in [-0.05, 0) is 18.2 Å². The Morgan fingerprint density at radius 2 is 1.91 bits per heavy atom. The number of fused-ring (bicyclic) bond motifs is 2. The highest BCUT2D eigenvalue weighted by Crippen LogP contribution is 2.37. The Kier molecular flexibility index (Phi) is 4.79. The Morgan fingerprint density at radius 3 is 2.69 bits per heavy atom. The molecule has 0 unspecified atom stereocenters. The van der Waals surface area contributed by atoms with E-state index in [4.69, 9.17) is 4.74 Å². The lowest BCUT2D eigenvalue weighted by Gasteiger charge is -2.33. The third-order valence-electron chi connectivity index (χ3n) is 5.92. The summed E-state index contributed by atoms with van der Waals surface area (Å²) in [5.74, 6) is -1.86. The van der Waals surface area contributed by atoms with Crippen molar-refractivity contribution in [1.29, 1.82) is 0 Å². The van der Waals surface area contributed by atoms with Crippen LogP contribution >= 0.6 is 0 Å². The molecule has 1 fully saturated rings. The Hall–Kier alpha value is -3.56. The third-order valence-corrected chi connectivity index (χ3v) is 5.92. The fourth-order valence-corrected chi connectivity index (χ4v) is 4.06. The lowest BCUT2D eigenvalue weighted by atomic mass is 10.0. The highest BCUT2D eigenvalue weighted by atomic mass is 19.3. The Morgan fingerprint density at radius 1 is 1.12 bits per heavy atom. The minimum Gasteiger partial charge on any atom is -0.490 e. The van der Waals surface area contributed by atoms with Crippen molar-refractivity contribution in [2.75, 3.05) is 31.1 Å². The van der Waals surface area contributed by atoms with Crippen LogP contribution in [-0.4, -0.2) is 57.5 Å². The predicted octanol–water partition coefficient (Wildman–Crippen LogP) is 2.73. The van der Waals surface area contributed by atoms with Gasteiger partial charge in [0.25, 0.3) is 17.4 Å². The van der Waals surface area contributed by atoms with Crippen molar-refractivity contribution >= 4 is 28.3 Å². The van der Waals surface area contributed by atoms with Gasteiger partial charge < -0.3 is 19.1 Å². The van der Waals surface area contributed by atoms with Crippen molar-refractivity contribution < 1.29 is 18.3 Å². The summed E-state index contributed by atoms with van der Waals surface area (Å²) in [7, 11) is 1.63. The highest BCUT2D eigenvalue weighted by Gasteiger charge is 2.36. The van der Waals surface area contributed by atoms with Crippen molar-refractivity contribution in [3.63, 3.8) is 0 Å². The fourth-order valence-electron chi connectivity index (χ4n) is 4.06. The molecule has 3 aromatic rings. The molecule has 2 aromatic heterocycles. The molecule has 2 aliphatic heterocycles. The summed E-state index contributed by atoms with van der Waals surface area (Å²) in [6.07, 6.45) is 2.34. The summed E-state index contributed by atoms with van der Waals surface area (Å²) < 4.78 is 34.0. The second-order valence-corrected chi connectivity index (χ2v) is 8.05. The number of pyridine rings is 1. The number of hydrogen-bond acceptors (Lipinski definition) is 6. The number of anilines is 2. The number of carbonyl (C=O) groups is 1. The number of rotatable bonds is 2. The van der Waals surface area contributed by atoms with Gasteiger partial charge in [-0.3, -0.25) is 9.59 Å². The molecular formula is C22H21F2N5O3. The van der Waals surface area contributed by atoms with Gasteiger partial charge in [0, 0.05) is 50.8 Å². The van der Waals surface area contributed by atoms with Crippen LogP contribution in [-0.2, 0) is 7.05 Å². The molecule has 5 rings (SSSR count). The van der Waals surface area contributed by atoms with E-state index in [0.29, 0.717) is 41.2 Å². The molecule has 0 N–H and O–H groups in total. The molecule has 0 radical (unpaired) electrons.